The molecule has 1 aromatic heterocycles. The normalized spacial score (nSPS) is 10.6. The Morgan fingerprint density at radius 1 is 1.07 bits per heavy atom. The van der Waals surface area contributed by atoms with Crippen molar-refractivity contribution < 1.29 is 18.4 Å². The van der Waals surface area contributed by atoms with Crippen molar-refractivity contribution in [2.24, 2.45) is 0 Å². The third-order valence-corrected chi connectivity index (χ3v) is 4.47. The molecule has 1 heterocycles. The topological polar surface area (TPSA) is 77.2 Å². The van der Waals surface area contributed by atoms with Crippen LogP contribution in [0, 0.1) is 5.82 Å². The zero-order valence-electron chi connectivity index (χ0n) is 15.5. The highest BCUT2D eigenvalue weighted by Crippen LogP contribution is 2.25. The van der Waals surface area contributed by atoms with Crippen molar-refractivity contribution >= 4 is 23.2 Å². The minimum absolute atomic E-state index is 0.0125. The largest absolute Gasteiger partial charge is 0.483 e. The van der Waals surface area contributed by atoms with Crippen molar-refractivity contribution in [2.75, 3.05) is 5.32 Å². The van der Waals surface area contributed by atoms with E-state index in [1.807, 2.05) is 30.3 Å². The van der Waals surface area contributed by atoms with E-state index in [0.717, 1.165) is 11.6 Å². The fourth-order valence-corrected chi connectivity index (χ4v) is 2.93. The number of rotatable bonds is 6. The molecule has 30 heavy (non-hydrogen) atoms. The monoisotopic (exact) mass is 423 g/mol. The molecule has 0 aliphatic rings. The standard InChI is InChI=1S/C22H15ClFN3O3/c23-17-12-15(24)10-11-18(17)25-22(28)16-8-4-5-9-19(16)29-13-20-26-21(27-30-20)14-6-2-1-3-7-14/h1-12H,13H2,(H,25,28). The fraction of sp³-hybridized carbons (Fsp3) is 0.0455. The minimum Gasteiger partial charge on any atom is -0.483 e. The van der Waals surface area contributed by atoms with Gasteiger partial charge in [-0.2, -0.15) is 4.98 Å². The summed E-state index contributed by atoms with van der Waals surface area (Å²) in [7, 11) is 0. The highest BCUT2D eigenvalue weighted by molar-refractivity contribution is 6.34. The average Bonchev–Trinajstić information content (AvgIpc) is 3.24. The third kappa shape index (κ3) is 4.47. The molecule has 0 bridgehead atoms. The molecule has 3 aromatic carbocycles. The molecule has 0 radical (unpaired) electrons. The van der Waals surface area contributed by atoms with Crippen molar-refractivity contribution in [1.29, 1.82) is 0 Å². The van der Waals surface area contributed by atoms with Gasteiger partial charge in [0.25, 0.3) is 11.8 Å². The molecule has 1 N–H and O–H groups in total. The quantitative estimate of drug-likeness (QED) is 0.451. The van der Waals surface area contributed by atoms with Crippen LogP contribution in [0.15, 0.2) is 77.3 Å². The first kappa shape index (κ1) is 19.6. The molecule has 0 unspecified atom stereocenters. The molecule has 150 valence electrons. The van der Waals surface area contributed by atoms with E-state index in [2.05, 4.69) is 15.5 Å². The van der Waals surface area contributed by atoms with Crippen LogP contribution < -0.4 is 10.1 Å². The van der Waals surface area contributed by atoms with Gasteiger partial charge in [0.15, 0.2) is 6.61 Å². The average molecular weight is 424 g/mol. The third-order valence-electron chi connectivity index (χ3n) is 4.16. The summed E-state index contributed by atoms with van der Waals surface area (Å²) in [6.07, 6.45) is 0. The van der Waals surface area contributed by atoms with Gasteiger partial charge in [-0.25, -0.2) is 4.39 Å². The second-order valence-corrected chi connectivity index (χ2v) is 6.65. The number of para-hydroxylation sites is 1. The second kappa shape index (κ2) is 8.75. The van der Waals surface area contributed by atoms with Gasteiger partial charge in [-0.3, -0.25) is 4.79 Å². The Bertz CT molecular complexity index is 1180. The molecule has 0 aliphatic carbocycles. The molecule has 6 nitrogen and oxygen atoms in total. The summed E-state index contributed by atoms with van der Waals surface area (Å²) in [4.78, 5) is 17.0. The fourth-order valence-electron chi connectivity index (χ4n) is 2.72. The Morgan fingerprint density at radius 2 is 1.83 bits per heavy atom. The highest BCUT2D eigenvalue weighted by Gasteiger charge is 2.16. The molecular weight excluding hydrogens is 409 g/mol. The van der Waals surface area contributed by atoms with Crippen LogP contribution in [0.5, 0.6) is 5.75 Å². The first-order chi connectivity index (χ1) is 14.6. The lowest BCUT2D eigenvalue weighted by atomic mass is 10.2. The number of hydrogen-bond acceptors (Lipinski definition) is 5. The predicted molar refractivity (Wildman–Crippen MR) is 110 cm³/mol. The van der Waals surface area contributed by atoms with Crippen LogP contribution in [0.3, 0.4) is 0 Å². The molecular formula is C22H15ClFN3O3. The summed E-state index contributed by atoms with van der Waals surface area (Å²) < 4.78 is 24.2. The molecule has 0 saturated carbocycles. The van der Waals surface area contributed by atoms with E-state index < -0.39 is 11.7 Å². The maximum Gasteiger partial charge on any atom is 0.264 e. The maximum absolute atomic E-state index is 13.2. The van der Waals surface area contributed by atoms with E-state index in [-0.39, 0.29) is 23.1 Å². The number of benzene rings is 3. The number of nitrogens with one attached hydrogen (secondary N) is 1. The van der Waals surface area contributed by atoms with Crippen molar-refractivity contribution in [1.82, 2.24) is 10.1 Å². The van der Waals surface area contributed by atoms with E-state index in [9.17, 15) is 9.18 Å². The van der Waals surface area contributed by atoms with Crippen LogP contribution in [-0.4, -0.2) is 16.0 Å². The van der Waals surface area contributed by atoms with Gasteiger partial charge in [0.2, 0.25) is 5.82 Å². The molecule has 0 saturated heterocycles. The second-order valence-electron chi connectivity index (χ2n) is 6.24. The Labute approximate surface area is 176 Å². The van der Waals surface area contributed by atoms with Crippen molar-refractivity contribution in [3.8, 4) is 17.1 Å². The number of carbonyl (C=O) groups excluding carboxylic acids is 1. The Balaban J connectivity index is 1.47. The Hall–Kier alpha value is -3.71. The number of hydrogen-bond donors (Lipinski definition) is 1. The molecule has 8 heteroatoms. The summed E-state index contributed by atoms with van der Waals surface area (Å²) >= 11 is 5.98. The first-order valence-electron chi connectivity index (χ1n) is 8.96. The van der Waals surface area contributed by atoms with Gasteiger partial charge >= 0.3 is 0 Å². The van der Waals surface area contributed by atoms with Crippen LogP contribution in [0.1, 0.15) is 16.2 Å². The van der Waals surface area contributed by atoms with E-state index in [4.69, 9.17) is 20.9 Å². The van der Waals surface area contributed by atoms with E-state index in [1.165, 1.54) is 12.1 Å². The Kier molecular flexibility index (Phi) is 5.72. The van der Waals surface area contributed by atoms with Gasteiger partial charge in [-0.15, -0.1) is 0 Å². The van der Waals surface area contributed by atoms with Crippen molar-refractivity contribution in [3.05, 3.63) is 95.1 Å². The number of ether oxygens (including phenoxy) is 1. The smallest absolute Gasteiger partial charge is 0.264 e. The zero-order valence-corrected chi connectivity index (χ0v) is 16.3. The summed E-state index contributed by atoms with van der Waals surface area (Å²) in [5.74, 6) is 0.107. The van der Waals surface area contributed by atoms with Crippen LogP contribution in [0.4, 0.5) is 10.1 Å². The molecule has 4 aromatic rings. The predicted octanol–water partition coefficient (Wildman–Crippen LogP) is 5.36. The lowest BCUT2D eigenvalue weighted by molar-refractivity contribution is 0.102. The van der Waals surface area contributed by atoms with Gasteiger partial charge in [-0.1, -0.05) is 59.2 Å². The number of carbonyl (C=O) groups is 1. The van der Waals surface area contributed by atoms with Gasteiger partial charge < -0.3 is 14.6 Å². The van der Waals surface area contributed by atoms with Gasteiger partial charge in [0.1, 0.15) is 11.6 Å². The highest BCUT2D eigenvalue weighted by atomic mass is 35.5. The van der Waals surface area contributed by atoms with E-state index in [0.29, 0.717) is 17.3 Å². The van der Waals surface area contributed by atoms with Gasteiger partial charge in [-0.05, 0) is 30.3 Å². The number of nitrogens with zero attached hydrogens (tertiary/aromatic N) is 2. The number of aromatic nitrogens is 2. The Morgan fingerprint density at radius 3 is 2.63 bits per heavy atom. The summed E-state index contributed by atoms with van der Waals surface area (Å²) in [5.41, 5.74) is 1.39. The molecule has 4 rings (SSSR count). The van der Waals surface area contributed by atoms with E-state index >= 15 is 0 Å². The van der Waals surface area contributed by atoms with Crippen LogP contribution in [-0.2, 0) is 6.61 Å². The lowest BCUT2D eigenvalue weighted by Crippen LogP contribution is -2.14. The molecule has 0 spiro atoms. The SMILES string of the molecule is O=C(Nc1ccc(F)cc1Cl)c1ccccc1OCc1nc(-c2ccccc2)no1. The van der Waals surface area contributed by atoms with Crippen molar-refractivity contribution in [2.45, 2.75) is 6.61 Å². The van der Waals surface area contributed by atoms with Crippen LogP contribution in [0.2, 0.25) is 5.02 Å². The summed E-state index contributed by atoms with van der Waals surface area (Å²) in [6.45, 7) is -0.0125. The number of anilines is 1. The van der Waals surface area contributed by atoms with Gasteiger partial charge in [0, 0.05) is 5.56 Å². The van der Waals surface area contributed by atoms with Gasteiger partial charge in [0.05, 0.1) is 16.3 Å². The summed E-state index contributed by atoms with van der Waals surface area (Å²) in [5, 5.41) is 6.69. The molecule has 0 fully saturated rings. The zero-order chi connectivity index (χ0) is 20.9. The lowest BCUT2D eigenvalue weighted by Gasteiger charge is -2.11. The number of halogens is 2. The molecule has 0 aliphatic heterocycles. The summed E-state index contributed by atoms with van der Waals surface area (Å²) in [6, 6.07) is 19.8. The van der Waals surface area contributed by atoms with E-state index in [1.54, 1.807) is 24.3 Å². The maximum atomic E-state index is 13.2. The van der Waals surface area contributed by atoms with Crippen LogP contribution in [0.25, 0.3) is 11.4 Å². The molecule has 0 atom stereocenters. The first-order valence-corrected chi connectivity index (χ1v) is 9.34. The number of amides is 1. The minimum atomic E-state index is -0.490. The van der Waals surface area contributed by atoms with Crippen molar-refractivity contribution in [3.63, 3.8) is 0 Å². The van der Waals surface area contributed by atoms with Crippen LogP contribution >= 0.6 is 11.6 Å². The molecule has 1 amide bonds.